The van der Waals surface area contributed by atoms with Gasteiger partial charge in [0, 0.05) is 17.7 Å². The Morgan fingerprint density at radius 2 is 1.77 bits per heavy atom. The third kappa shape index (κ3) is 2.66. The van der Waals surface area contributed by atoms with Crippen molar-refractivity contribution in [2.45, 2.75) is 0 Å². The van der Waals surface area contributed by atoms with Crippen molar-refractivity contribution in [1.82, 2.24) is 10.2 Å². The minimum atomic E-state index is -0.548. The average Bonchev–Trinajstić information content (AvgIpc) is 2.97. The molecule has 0 aliphatic rings. The molecule has 1 aromatic heterocycles. The Kier molecular flexibility index (Phi) is 3.56. The molecule has 0 fully saturated rings. The number of benzene rings is 2. The largest absolute Gasteiger partial charge is 0.416 e. The predicted octanol–water partition coefficient (Wildman–Crippen LogP) is 4.10. The zero-order chi connectivity index (χ0) is 15.7. The summed E-state index contributed by atoms with van der Waals surface area (Å²) in [5.41, 5.74) is 0.804. The summed E-state index contributed by atoms with van der Waals surface area (Å²) < 4.78 is 18.4. The lowest BCUT2D eigenvalue weighted by Gasteiger charge is -1.99. The van der Waals surface area contributed by atoms with Crippen LogP contribution in [0.25, 0.3) is 22.9 Å². The third-order valence-corrected chi connectivity index (χ3v) is 3.22. The van der Waals surface area contributed by atoms with Gasteiger partial charge in [-0.3, -0.25) is 10.1 Å². The van der Waals surface area contributed by atoms with Crippen LogP contribution in [-0.4, -0.2) is 15.1 Å². The molecule has 22 heavy (non-hydrogen) atoms. The highest BCUT2D eigenvalue weighted by Gasteiger charge is 2.16. The van der Waals surface area contributed by atoms with Crippen LogP contribution in [0.4, 0.5) is 10.1 Å². The van der Waals surface area contributed by atoms with Crippen molar-refractivity contribution in [1.29, 1.82) is 0 Å². The van der Waals surface area contributed by atoms with Crippen molar-refractivity contribution in [3.8, 4) is 22.9 Å². The molecule has 0 saturated carbocycles. The van der Waals surface area contributed by atoms with Crippen molar-refractivity contribution < 1.29 is 13.7 Å². The topological polar surface area (TPSA) is 82.1 Å². The maximum absolute atomic E-state index is 12.9. The molecule has 2 aromatic carbocycles. The van der Waals surface area contributed by atoms with Crippen LogP contribution in [0.1, 0.15) is 0 Å². The van der Waals surface area contributed by atoms with E-state index < -0.39 is 4.92 Å². The standard InChI is InChI=1S/C14H7ClFN3O3/c15-12-7-10(19(20)21)5-6-11(12)14-18-17-13(22-14)8-1-3-9(16)4-2-8/h1-7H. The first kappa shape index (κ1) is 14.2. The molecule has 0 radical (unpaired) electrons. The Morgan fingerprint density at radius 1 is 1.09 bits per heavy atom. The van der Waals surface area contributed by atoms with E-state index in [9.17, 15) is 14.5 Å². The van der Waals surface area contributed by atoms with Gasteiger partial charge in [0.05, 0.1) is 15.5 Å². The summed E-state index contributed by atoms with van der Waals surface area (Å²) in [6.07, 6.45) is 0. The summed E-state index contributed by atoms with van der Waals surface area (Å²) in [6, 6.07) is 9.49. The number of aromatic nitrogens is 2. The van der Waals surface area contributed by atoms with Crippen LogP contribution in [0.3, 0.4) is 0 Å². The fourth-order valence-electron chi connectivity index (χ4n) is 1.83. The Labute approximate surface area is 128 Å². The van der Waals surface area contributed by atoms with E-state index >= 15 is 0 Å². The second-order valence-electron chi connectivity index (χ2n) is 4.34. The molecular formula is C14H7ClFN3O3. The monoisotopic (exact) mass is 319 g/mol. The van der Waals surface area contributed by atoms with Gasteiger partial charge in [-0.1, -0.05) is 11.6 Å². The molecule has 1 heterocycles. The lowest BCUT2D eigenvalue weighted by molar-refractivity contribution is -0.384. The van der Waals surface area contributed by atoms with Crippen LogP contribution >= 0.6 is 11.6 Å². The highest BCUT2D eigenvalue weighted by Crippen LogP contribution is 2.31. The van der Waals surface area contributed by atoms with Gasteiger partial charge < -0.3 is 4.42 Å². The summed E-state index contributed by atoms with van der Waals surface area (Å²) in [7, 11) is 0. The van der Waals surface area contributed by atoms with Crippen molar-refractivity contribution in [2.75, 3.05) is 0 Å². The summed E-state index contributed by atoms with van der Waals surface area (Å²) in [5.74, 6) is -0.0504. The fourth-order valence-corrected chi connectivity index (χ4v) is 2.09. The van der Waals surface area contributed by atoms with Crippen LogP contribution in [0, 0.1) is 15.9 Å². The molecule has 3 rings (SSSR count). The van der Waals surface area contributed by atoms with E-state index in [1.165, 1.54) is 42.5 Å². The molecule has 0 aliphatic heterocycles. The molecule has 8 heteroatoms. The van der Waals surface area contributed by atoms with Gasteiger partial charge in [-0.05, 0) is 30.3 Å². The minimum Gasteiger partial charge on any atom is -0.416 e. The molecule has 0 atom stereocenters. The fraction of sp³-hybridized carbons (Fsp3) is 0. The molecule has 3 aromatic rings. The quantitative estimate of drug-likeness (QED) is 0.536. The van der Waals surface area contributed by atoms with Crippen LogP contribution in [-0.2, 0) is 0 Å². The van der Waals surface area contributed by atoms with Gasteiger partial charge in [0.15, 0.2) is 0 Å². The molecule has 6 nitrogen and oxygen atoms in total. The number of nitrogens with zero attached hydrogens (tertiary/aromatic N) is 3. The number of halogens is 2. The molecule has 0 spiro atoms. The van der Waals surface area contributed by atoms with Gasteiger partial charge in [-0.2, -0.15) is 0 Å². The molecular weight excluding hydrogens is 313 g/mol. The summed E-state index contributed by atoms with van der Waals surface area (Å²) >= 11 is 6.00. The van der Waals surface area contributed by atoms with Crippen LogP contribution < -0.4 is 0 Å². The average molecular weight is 320 g/mol. The number of nitro benzene ring substituents is 1. The molecule has 0 unspecified atom stereocenters. The van der Waals surface area contributed by atoms with E-state index in [2.05, 4.69) is 10.2 Å². The Hall–Kier alpha value is -2.80. The second kappa shape index (κ2) is 5.53. The van der Waals surface area contributed by atoms with Crippen LogP contribution in [0.15, 0.2) is 46.9 Å². The summed E-state index contributed by atoms with van der Waals surface area (Å²) in [6.45, 7) is 0. The number of hydrogen-bond acceptors (Lipinski definition) is 5. The Balaban J connectivity index is 1.97. The SMILES string of the molecule is O=[N+]([O-])c1ccc(-c2nnc(-c3ccc(F)cc3)o2)c(Cl)c1. The second-order valence-corrected chi connectivity index (χ2v) is 4.75. The molecule has 0 bridgehead atoms. The minimum absolute atomic E-state index is 0.124. The lowest BCUT2D eigenvalue weighted by Crippen LogP contribution is -1.88. The van der Waals surface area contributed by atoms with E-state index in [-0.39, 0.29) is 28.3 Å². The normalized spacial score (nSPS) is 10.6. The Bertz CT molecular complexity index is 849. The highest BCUT2D eigenvalue weighted by molar-refractivity contribution is 6.33. The highest BCUT2D eigenvalue weighted by atomic mass is 35.5. The number of nitro groups is 1. The molecule has 0 N–H and O–H groups in total. The van der Waals surface area contributed by atoms with E-state index in [1.807, 2.05) is 0 Å². The number of hydrogen-bond donors (Lipinski definition) is 0. The molecule has 110 valence electrons. The first-order valence-corrected chi connectivity index (χ1v) is 6.46. The predicted molar refractivity (Wildman–Crippen MR) is 76.8 cm³/mol. The number of rotatable bonds is 3. The smallest absolute Gasteiger partial charge is 0.270 e. The summed E-state index contributed by atoms with van der Waals surface area (Å²) in [5, 5.41) is 18.5. The van der Waals surface area contributed by atoms with Gasteiger partial charge >= 0.3 is 0 Å². The van der Waals surface area contributed by atoms with Gasteiger partial charge in [-0.15, -0.1) is 10.2 Å². The van der Waals surface area contributed by atoms with E-state index in [4.69, 9.17) is 16.0 Å². The lowest BCUT2D eigenvalue weighted by atomic mass is 10.2. The van der Waals surface area contributed by atoms with Crippen molar-refractivity contribution in [3.63, 3.8) is 0 Å². The molecule has 0 amide bonds. The maximum atomic E-state index is 12.9. The van der Waals surface area contributed by atoms with Gasteiger partial charge in [-0.25, -0.2) is 4.39 Å². The van der Waals surface area contributed by atoms with Crippen molar-refractivity contribution in [3.05, 3.63) is 63.4 Å². The van der Waals surface area contributed by atoms with Gasteiger partial charge in [0.25, 0.3) is 5.69 Å². The van der Waals surface area contributed by atoms with Crippen LogP contribution in [0.5, 0.6) is 0 Å². The van der Waals surface area contributed by atoms with E-state index in [0.29, 0.717) is 11.1 Å². The van der Waals surface area contributed by atoms with Gasteiger partial charge in [0.1, 0.15) is 5.82 Å². The zero-order valence-electron chi connectivity index (χ0n) is 10.9. The summed E-state index contributed by atoms with van der Waals surface area (Å²) in [4.78, 5) is 10.1. The van der Waals surface area contributed by atoms with Crippen molar-refractivity contribution in [2.24, 2.45) is 0 Å². The van der Waals surface area contributed by atoms with Crippen molar-refractivity contribution >= 4 is 17.3 Å². The third-order valence-electron chi connectivity index (χ3n) is 2.91. The molecule has 0 saturated heterocycles. The van der Waals surface area contributed by atoms with Gasteiger partial charge in [0.2, 0.25) is 11.8 Å². The van der Waals surface area contributed by atoms with E-state index in [0.717, 1.165) is 0 Å². The first-order chi connectivity index (χ1) is 10.5. The maximum Gasteiger partial charge on any atom is 0.270 e. The number of non-ortho nitro benzene ring substituents is 1. The Morgan fingerprint density at radius 3 is 2.41 bits per heavy atom. The molecule has 0 aliphatic carbocycles. The first-order valence-electron chi connectivity index (χ1n) is 6.08. The zero-order valence-corrected chi connectivity index (χ0v) is 11.6. The van der Waals surface area contributed by atoms with E-state index in [1.54, 1.807) is 0 Å². The van der Waals surface area contributed by atoms with Crippen LogP contribution in [0.2, 0.25) is 5.02 Å².